The largest absolute Gasteiger partial charge is 0.546 e. The van der Waals surface area contributed by atoms with E-state index < -0.39 is 18.5 Å². The molecule has 24 heavy (non-hydrogen) atoms. The average Bonchev–Trinajstić information content (AvgIpc) is 2.59. The zero-order chi connectivity index (χ0) is 17.4. The Morgan fingerprint density at radius 1 is 1.12 bits per heavy atom. The van der Waals surface area contributed by atoms with E-state index in [1.165, 1.54) is 6.08 Å². The maximum atomic E-state index is 12.1. The summed E-state index contributed by atoms with van der Waals surface area (Å²) in [6.07, 6.45) is 1.43. The lowest BCUT2D eigenvalue weighted by atomic mass is 10.1. The Kier molecular flexibility index (Phi) is 5.70. The monoisotopic (exact) mass is 321 g/mol. The van der Waals surface area contributed by atoms with Crippen LogP contribution in [0.4, 0.5) is 5.69 Å². The number of ether oxygens (including phenoxy) is 1. The fourth-order valence-corrected chi connectivity index (χ4v) is 1.84. The molecular weight excluding hydrogens is 308 g/mol. The number of nitrogens with zero attached hydrogens (tertiary/aromatic N) is 1. The van der Waals surface area contributed by atoms with Gasteiger partial charge in [0, 0.05) is 5.69 Å². The SMILES string of the molecule is N#C/C(=C\c1ccc(OCC(=O)[O-])cc1)C(=O)Nc1ccccc1. The molecule has 1 N–H and O–H groups in total. The highest BCUT2D eigenvalue weighted by molar-refractivity contribution is 6.09. The Bertz CT molecular complexity index is 790. The van der Waals surface area contributed by atoms with Crippen LogP contribution in [0.25, 0.3) is 6.08 Å². The molecule has 1 amide bonds. The Hall–Kier alpha value is -3.59. The van der Waals surface area contributed by atoms with Crippen molar-refractivity contribution in [1.29, 1.82) is 5.26 Å². The summed E-state index contributed by atoms with van der Waals surface area (Å²) in [4.78, 5) is 22.4. The van der Waals surface area contributed by atoms with Crippen molar-refractivity contribution in [3.63, 3.8) is 0 Å². The van der Waals surface area contributed by atoms with Crippen LogP contribution in [0.15, 0.2) is 60.2 Å². The molecule has 0 unspecified atom stereocenters. The fraction of sp³-hybridized carbons (Fsp3) is 0.0556. The van der Waals surface area contributed by atoms with Crippen LogP contribution in [0.2, 0.25) is 0 Å². The van der Waals surface area contributed by atoms with Crippen molar-refractivity contribution in [2.75, 3.05) is 11.9 Å². The molecule has 0 aliphatic heterocycles. The first kappa shape index (κ1) is 16.8. The van der Waals surface area contributed by atoms with Gasteiger partial charge >= 0.3 is 0 Å². The topological polar surface area (TPSA) is 102 Å². The van der Waals surface area contributed by atoms with Crippen LogP contribution >= 0.6 is 0 Å². The number of aliphatic carboxylic acids is 1. The zero-order valence-corrected chi connectivity index (χ0v) is 12.6. The summed E-state index contributed by atoms with van der Waals surface area (Å²) in [5.41, 5.74) is 1.15. The summed E-state index contributed by atoms with van der Waals surface area (Å²) in [6, 6.07) is 17.0. The second-order valence-corrected chi connectivity index (χ2v) is 4.72. The third kappa shape index (κ3) is 5.00. The smallest absolute Gasteiger partial charge is 0.266 e. The van der Waals surface area contributed by atoms with E-state index >= 15 is 0 Å². The van der Waals surface area contributed by atoms with Crippen molar-refractivity contribution in [3.8, 4) is 11.8 Å². The normalized spacial score (nSPS) is 10.5. The second kappa shape index (κ2) is 8.15. The molecule has 0 atom stereocenters. The van der Waals surface area contributed by atoms with Gasteiger partial charge in [-0.1, -0.05) is 30.3 Å². The molecule has 0 spiro atoms. The highest BCUT2D eigenvalue weighted by atomic mass is 16.5. The number of anilines is 1. The molecule has 2 aromatic carbocycles. The Morgan fingerprint density at radius 2 is 1.79 bits per heavy atom. The second-order valence-electron chi connectivity index (χ2n) is 4.72. The van der Waals surface area contributed by atoms with Crippen molar-refractivity contribution in [1.82, 2.24) is 0 Å². The molecule has 2 aromatic rings. The summed E-state index contributed by atoms with van der Waals surface area (Å²) >= 11 is 0. The van der Waals surface area contributed by atoms with Crippen molar-refractivity contribution in [3.05, 3.63) is 65.7 Å². The number of carboxylic acid groups (broad SMARTS) is 1. The fourth-order valence-electron chi connectivity index (χ4n) is 1.84. The number of rotatable bonds is 6. The number of hydrogen-bond acceptors (Lipinski definition) is 5. The van der Waals surface area contributed by atoms with E-state index in [1.807, 2.05) is 12.1 Å². The highest BCUT2D eigenvalue weighted by Crippen LogP contribution is 2.15. The van der Waals surface area contributed by atoms with Gasteiger partial charge in [0.2, 0.25) is 0 Å². The third-order valence-electron chi connectivity index (χ3n) is 2.94. The molecule has 6 heteroatoms. The number of benzene rings is 2. The van der Waals surface area contributed by atoms with Gasteiger partial charge in [-0.05, 0) is 35.9 Å². The van der Waals surface area contributed by atoms with Gasteiger partial charge in [-0.25, -0.2) is 0 Å². The number of para-hydroxylation sites is 1. The predicted molar refractivity (Wildman–Crippen MR) is 85.6 cm³/mol. The zero-order valence-electron chi connectivity index (χ0n) is 12.6. The van der Waals surface area contributed by atoms with Crippen LogP contribution in [-0.2, 0) is 9.59 Å². The highest BCUT2D eigenvalue weighted by Gasteiger charge is 2.09. The molecule has 0 radical (unpaired) electrons. The van der Waals surface area contributed by atoms with E-state index in [0.717, 1.165) is 0 Å². The lowest BCUT2D eigenvalue weighted by Gasteiger charge is -2.07. The predicted octanol–water partition coefficient (Wildman–Crippen LogP) is 1.36. The molecule has 0 saturated carbocycles. The maximum absolute atomic E-state index is 12.1. The first-order valence-electron chi connectivity index (χ1n) is 6.99. The van der Waals surface area contributed by atoms with Gasteiger partial charge in [-0.3, -0.25) is 4.79 Å². The average molecular weight is 321 g/mol. The van der Waals surface area contributed by atoms with E-state index in [9.17, 15) is 14.7 Å². The number of nitriles is 1. The van der Waals surface area contributed by atoms with Gasteiger partial charge in [0.1, 0.15) is 24.0 Å². The van der Waals surface area contributed by atoms with Gasteiger partial charge in [-0.15, -0.1) is 0 Å². The van der Waals surface area contributed by atoms with Gasteiger partial charge in [-0.2, -0.15) is 5.26 Å². The molecule has 0 aliphatic carbocycles. The van der Waals surface area contributed by atoms with E-state index in [-0.39, 0.29) is 5.57 Å². The van der Waals surface area contributed by atoms with E-state index in [4.69, 9.17) is 10.00 Å². The van der Waals surface area contributed by atoms with E-state index in [1.54, 1.807) is 48.5 Å². The van der Waals surface area contributed by atoms with Crippen LogP contribution < -0.4 is 15.2 Å². The molecule has 0 bridgehead atoms. The number of amides is 1. The van der Waals surface area contributed by atoms with Crippen LogP contribution in [0, 0.1) is 11.3 Å². The Morgan fingerprint density at radius 3 is 2.38 bits per heavy atom. The van der Waals surface area contributed by atoms with Crippen LogP contribution in [0.1, 0.15) is 5.56 Å². The van der Waals surface area contributed by atoms with Crippen molar-refractivity contribution >= 4 is 23.6 Å². The Labute approximate surface area is 138 Å². The van der Waals surface area contributed by atoms with Crippen LogP contribution in [-0.4, -0.2) is 18.5 Å². The molecule has 0 aromatic heterocycles. The molecule has 6 nitrogen and oxygen atoms in total. The quantitative estimate of drug-likeness (QED) is 0.639. The third-order valence-corrected chi connectivity index (χ3v) is 2.94. The van der Waals surface area contributed by atoms with Crippen molar-refractivity contribution in [2.24, 2.45) is 0 Å². The van der Waals surface area contributed by atoms with Crippen LogP contribution in [0.3, 0.4) is 0 Å². The lowest BCUT2D eigenvalue weighted by molar-refractivity contribution is -0.307. The lowest BCUT2D eigenvalue weighted by Crippen LogP contribution is -2.28. The summed E-state index contributed by atoms with van der Waals surface area (Å²) in [5, 5.41) is 22.1. The van der Waals surface area contributed by atoms with Gasteiger partial charge in [0.25, 0.3) is 5.91 Å². The molecule has 0 fully saturated rings. The summed E-state index contributed by atoms with van der Waals surface area (Å²) in [7, 11) is 0. The standard InChI is InChI=1S/C18H14N2O4/c19-11-14(18(23)20-15-4-2-1-3-5-15)10-13-6-8-16(9-7-13)24-12-17(21)22/h1-10H,12H2,(H,20,23)(H,21,22)/p-1/b14-10+. The van der Waals surface area contributed by atoms with E-state index in [2.05, 4.69) is 5.32 Å². The first-order chi connectivity index (χ1) is 11.6. The van der Waals surface area contributed by atoms with Gasteiger partial charge in [0.15, 0.2) is 0 Å². The molecule has 0 aliphatic rings. The minimum Gasteiger partial charge on any atom is -0.546 e. The molecule has 0 saturated heterocycles. The maximum Gasteiger partial charge on any atom is 0.266 e. The number of nitrogens with one attached hydrogen (secondary N) is 1. The summed E-state index contributed by atoms with van der Waals surface area (Å²) in [6.45, 7) is -0.544. The van der Waals surface area contributed by atoms with Crippen molar-refractivity contribution in [2.45, 2.75) is 0 Å². The first-order valence-corrected chi connectivity index (χ1v) is 6.99. The van der Waals surface area contributed by atoms with Crippen molar-refractivity contribution < 1.29 is 19.4 Å². The minimum atomic E-state index is -1.32. The molecule has 0 heterocycles. The molecular formula is C18H13N2O4-. The number of carbonyl (C=O) groups excluding carboxylic acids is 2. The molecule has 2 rings (SSSR count). The molecule has 120 valence electrons. The van der Waals surface area contributed by atoms with Gasteiger partial charge in [0.05, 0.1) is 5.97 Å². The van der Waals surface area contributed by atoms with E-state index in [0.29, 0.717) is 17.0 Å². The minimum absolute atomic E-state index is 0.0535. The number of carbonyl (C=O) groups is 2. The Balaban J connectivity index is 2.08. The summed E-state index contributed by atoms with van der Waals surface area (Å²) < 4.78 is 4.95. The van der Waals surface area contributed by atoms with Gasteiger partial charge < -0.3 is 20.0 Å². The summed E-state index contributed by atoms with van der Waals surface area (Å²) in [5.74, 6) is -1.48. The number of hydrogen-bond donors (Lipinski definition) is 1. The van der Waals surface area contributed by atoms with Crippen LogP contribution in [0.5, 0.6) is 5.75 Å². The number of carboxylic acids is 1.